The van der Waals surface area contributed by atoms with Gasteiger partial charge in [0.05, 0.1) is 5.56 Å². The SMILES string of the molecule is CC1CC2(C1)CC(C1=C(F)C3=C(F)c4c(ccc(F)c4F)CC3C1)C2. The predicted octanol–water partition coefficient (Wildman–Crippen LogP) is 6.27. The highest BCUT2D eigenvalue weighted by Gasteiger charge is 2.54. The van der Waals surface area contributed by atoms with Gasteiger partial charge in [0.15, 0.2) is 11.6 Å². The number of rotatable bonds is 1. The van der Waals surface area contributed by atoms with Crippen LogP contribution < -0.4 is 0 Å². The fourth-order valence-electron chi connectivity index (χ4n) is 5.99. The maximum Gasteiger partial charge on any atom is 0.169 e. The number of hydrogen-bond acceptors (Lipinski definition) is 0. The summed E-state index contributed by atoms with van der Waals surface area (Å²) in [5.74, 6) is -2.99. The van der Waals surface area contributed by atoms with E-state index in [0.29, 0.717) is 29.4 Å². The van der Waals surface area contributed by atoms with Gasteiger partial charge >= 0.3 is 0 Å². The van der Waals surface area contributed by atoms with Gasteiger partial charge in [0.2, 0.25) is 0 Å². The van der Waals surface area contributed by atoms with E-state index < -0.39 is 23.3 Å². The summed E-state index contributed by atoms with van der Waals surface area (Å²) in [6.07, 6.45) is 5.32. The van der Waals surface area contributed by atoms with E-state index in [-0.39, 0.29) is 23.0 Å². The molecule has 2 saturated carbocycles. The lowest BCUT2D eigenvalue weighted by Gasteiger charge is -2.57. The smallest absolute Gasteiger partial charge is 0.169 e. The first-order valence-electron chi connectivity index (χ1n) is 9.14. The summed E-state index contributed by atoms with van der Waals surface area (Å²) in [5, 5.41) is 0. The van der Waals surface area contributed by atoms with Crippen LogP contribution in [0.2, 0.25) is 0 Å². The number of benzene rings is 1. The van der Waals surface area contributed by atoms with Gasteiger partial charge in [0.1, 0.15) is 11.7 Å². The number of allylic oxidation sites excluding steroid dienone is 3. The minimum atomic E-state index is -1.20. The molecular weight excluding hydrogens is 328 g/mol. The molecule has 0 radical (unpaired) electrons. The molecule has 2 fully saturated rings. The quantitative estimate of drug-likeness (QED) is 0.525. The van der Waals surface area contributed by atoms with E-state index in [1.807, 2.05) is 0 Å². The fourth-order valence-corrected chi connectivity index (χ4v) is 5.99. The lowest BCUT2D eigenvalue weighted by Crippen LogP contribution is -2.47. The summed E-state index contributed by atoms with van der Waals surface area (Å²) in [7, 11) is 0. The first kappa shape index (κ1) is 15.7. The highest BCUT2D eigenvalue weighted by Crippen LogP contribution is 2.65. The Morgan fingerprint density at radius 3 is 2.28 bits per heavy atom. The molecule has 0 heterocycles. The zero-order chi connectivity index (χ0) is 17.5. The third kappa shape index (κ3) is 2.06. The largest absolute Gasteiger partial charge is 0.207 e. The highest BCUT2D eigenvalue weighted by atomic mass is 19.2. The summed E-state index contributed by atoms with van der Waals surface area (Å²) in [4.78, 5) is 0. The predicted molar refractivity (Wildman–Crippen MR) is 87.9 cm³/mol. The Hall–Kier alpha value is -1.58. The van der Waals surface area contributed by atoms with Crippen molar-refractivity contribution in [3.8, 4) is 0 Å². The van der Waals surface area contributed by atoms with Crippen LogP contribution in [0, 0.1) is 34.8 Å². The topological polar surface area (TPSA) is 0 Å². The molecule has 0 N–H and O–H groups in total. The zero-order valence-corrected chi connectivity index (χ0v) is 14.1. The van der Waals surface area contributed by atoms with E-state index in [4.69, 9.17) is 0 Å². The van der Waals surface area contributed by atoms with Crippen molar-refractivity contribution in [2.75, 3.05) is 0 Å². The van der Waals surface area contributed by atoms with Crippen LogP contribution >= 0.6 is 0 Å². The van der Waals surface area contributed by atoms with Crippen LogP contribution in [-0.2, 0) is 6.42 Å². The van der Waals surface area contributed by atoms with E-state index >= 15 is 0 Å². The third-order valence-electron chi connectivity index (χ3n) is 6.91. The lowest BCUT2D eigenvalue weighted by molar-refractivity contribution is -0.0502. The van der Waals surface area contributed by atoms with E-state index in [0.717, 1.165) is 24.8 Å². The van der Waals surface area contributed by atoms with Gasteiger partial charge in [0.25, 0.3) is 0 Å². The molecule has 132 valence electrons. The number of hydrogen-bond donors (Lipinski definition) is 0. The van der Waals surface area contributed by atoms with Crippen LogP contribution in [0.4, 0.5) is 17.6 Å². The van der Waals surface area contributed by atoms with Gasteiger partial charge in [-0.2, -0.15) is 0 Å². The molecule has 4 aliphatic rings. The maximum atomic E-state index is 15.0. The maximum absolute atomic E-state index is 15.0. The minimum absolute atomic E-state index is 0.0186. The van der Waals surface area contributed by atoms with Crippen molar-refractivity contribution in [2.45, 2.75) is 45.4 Å². The second-order valence-corrected chi connectivity index (χ2v) is 8.69. The second-order valence-electron chi connectivity index (χ2n) is 8.69. The zero-order valence-electron chi connectivity index (χ0n) is 14.1. The van der Waals surface area contributed by atoms with Gasteiger partial charge in [-0.3, -0.25) is 0 Å². The molecule has 4 aliphatic carbocycles. The van der Waals surface area contributed by atoms with Crippen molar-refractivity contribution in [2.24, 2.45) is 23.2 Å². The normalized spacial score (nSPS) is 36.3. The first-order valence-corrected chi connectivity index (χ1v) is 9.14. The molecule has 5 rings (SSSR count). The second kappa shape index (κ2) is 4.99. The highest BCUT2D eigenvalue weighted by molar-refractivity contribution is 5.74. The Morgan fingerprint density at radius 2 is 1.60 bits per heavy atom. The van der Waals surface area contributed by atoms with Crippen LogP contribution in [0.25, 0.3) is 5.83 Å². The fraction of sp³-hybridized carbons (Fsp3) is 0.524. The molecule has 1 atom stereocenters. The van der Waals surface area contributed by atoms with Crippen molar-refractivity contribution >= 4 is 5.83 Å². The Morgan fingerprint density at radius 1 is 0.880 bits per heavy atom. The van der Waals surface area contributed by atoms with Crippen molar-refractivity contribution < 1.29 is 17.6 Å². The van der Waals surface area contributed by atoms with Crippen molar-refractivity contribution in [3.63, 3.8) is 0 Å². The molecule has 0 amide bonds. The molecular formula is C21H20F4. The summed E-state index contributed by atoms with van der Waals surface area (Å²) < 4.78 is 57.4. The molecule has 1 aromatic carbocycles. The Balaban J connectivity index is 1.49. The Kier molecular flexibility index (Phi) is 3.12. The molecule has 4 heteroatoms. The lowest BCUT2D eigenvalue weighted by atomic mass is 9.47. The van der Waals surface area contributed by atoms with Crippen molar-refractivity contribution in [3.05, 3.63) is 51.9 Å². The molecule has 0 aliphatic heterocycles. The summed E-state index contributed by atoms with van der Waals surface area (Å²) in [5.41, 5.74) is 1.16. The van der Waals surface area contributed by atoms with Gasteiger partial charge in [0, 0.05) is 5.57 Å². The van der Waals surface area contributed by atoms with E-state index in [1.165, 1.54) is 18.9 Å². The first-order chi connectivity index (χ1) is 11.9. The average Bonchev–Trinajstić information content (AvgIpc) is 2.82. The van der Waals surface area contributed by atoms with Crippen molar-refractivity contribution in [1.29, 1.82) is 0 Å². The summed E-state index contributed by atoms with van der Waals surface area (Å²) >= 11 is 0. The molecule has 1 spiro atoms. The van der Waals surface area contributed by atoms with E-state index in [9.17, 15) is 17.6 Å². The van der Waals surface area contributed by atoms with E-state index in [2.05, 4.69) is 6.92 Å². The van der Waals surface area contributed by atoms with Gasteiger partial charge in [-0.1, -0.05) is 13.0 Å². The standard InChI is InChI=1S/C21H20F4/c1-10-6-21(7-10)8-13(9-21)14-5-12-4-11-2-3-15(22)19(24)16(11)20(25)17(12)18(14)23/h2-3,10,12-13H,4-9H2,1H3. The summed E-state index contributed by atoms with van der Waals surface area (Å²) in [6, 6.07) is 2.45. The van der Waals surface area contributed by atoms with Gasteiger partial charge in [-0.15, -0.1) is 0 Å². The Bertz CT molecular complexity index is 834. The molecule has 1 unspecified atom stereocenters. The van der Waals surface area contributed by atoms with Crippen LogP contribution in [0.5, 0.6) is 0 Å². The van der Waals surface area contributed by atoms with Gasteiger partial charge in [-0.25, -0.2) is 17.6 Å². The van der Waals surface area contributed by atoms with Crippen molar-refractivity contribution in [1.82, 2.24) is 0 Å². The van der Waals surface area contributed by atoms with Crippen LogP contribution in [0.3, 0.4) is 0 Å². The molecule has 0 bridgehead atoms. The van der Waals surface area contributed by atoms with Gasteiger partial charge < -0.3 is 0 Å². The Labute approximate surface area is 144 Å². The van der Waals surface area contributed by atoms with Crippen LogP contribution in [-0.4, -0.2) is 0 Å². The monoisotopic (exact) mass is 348 g/mol. The van der Waals surface area contributed by atoms with Crippen LogP contribution in [0.1, 0.15) is 50.2 Å². The third-order valence-corrected chi connectivity index (χ3v) is 6.91. The molecule has 25 heavy (non-hydrogen) atoms. The molecule has 0 aromatic heterocycles. The number of fused-ring (bicyclic) bond motifs is 2. The molecule has 0 saturated heterocycles. The van der Waals surface area contributed by atoms with E-state index in [1.54, 1.807) is 0 Å². The van der Waals surface area contributed by atoms with Gasteiger partial charge in [-0.05, 0) is 78.9 Å². The molecule has 0 nitrogen and oxygen atoms in total. The number of halogens is 4. The van der Waals surface area contributed by atoms with Crippen LogP contribution in [0.15, 0.2) is 29.1 Å². The average molecular weight is 348 g/mol. The minimum Gasteiger partial charge on any atom is -0.207 e. The molecule has 1 aromatic rings. The summed E-state index contributed by atoms with van der Waals surface area (Å²) in [6.45, 7) is 2.24.